The van der Waals surface area contributed by atoms with Crippen LogP contribution in [0.5, 0.6) is 0 Å². The number of piperidine rings is 1. The average molecular weight is 448 g/mol. The first kappa shape index (κ1) is 22.3. The Kier molecular flexibility index (Phi) is 6.88. The van der Waals surface area contributed by atoms with E-state index in [-0.39, 0.29) is 0 Å². The van der Waals surface area contributed by atoms with Gasteiger partial charge in [-0.2, -0.15) is 0 Å². The molecule has 1 saturated carbocycles. The molecule has 5 rings (SSSR count). The lowest BCUT2D eigenvalue weighted by Gasteiger charge is -2.34. The predicted molar refractivity (Wildman–Crippen MR) is 130 cm³/mol. The first-order chi connectivity index (χ1) is 16.2. The largest absolute Gasteiger partial charge is 0.350 e. The molecule has 2 aromatic rings. The van der Waals surface area contributed by atoms with Crippen molar-refractivity contribution >= 4 is 11.7 Å². The summed E-state index contributed by atoms with van der Waals surface area (Å²) < 4.78 is 0. The highest BCUT2D eigenvalue weighted by molar-refractivity contribution is 5.76. The van der Waals surface area contributed by atoms with Crippen molar-refractivity contribution in [2.45, 2.75) is 83.6 Å². The molecule has 1 aliphatic carbocycles. The van der Waals surface area contributed by atoms with E-state index >= 15 is 0 Å². The minimum atomic E-state index is 0.339. The van der Waals surface area contributed by atoms with Crippen molar-refractivity contribution in [2.24, 2.45) is 5.92 Å². The van der Waals surface area contributed by atoms with Crippen LogP contribution in [-0.4, -0.2) is 45.4 Å². The van der Waals surface area contributed by atoms with Crippen molar-refractivity contribution in [1.82, 2.24) is 19.9 Å². The highest BCUT2D eigenvalue weighted by Crippen LogP contribution is 2.33. The SMILES string of the molecule is Cc1nc(C2CCN(C(=O)CC3CCCCC3)CC2)nc2c1CCCN2Cc1ccccn1. The van der Waals surface area contributed by atoms with Crippen molar-refractivity contribution in [3.8, 4) is 0 Å². The molecule has 0 radical (unpaired) electrons. The summed E-state index contributed by atoms with van der Waals surface area (Å²) in [5.74, 6) is 3.39. The summed E-state index contributed by atoms with van der Waals surface area (Å²) in [5.41, 5.74) is 3.49. The molecule has 3 aliphatic rings. The molecule has 1 saturated heterocycles. The van der Waals surface area contributed by atoms with Gasteiger partial charge in [0.2, 0.25) is 5.91 Å². The van der Waals surface area contributed by atoms with E-state index in [1.54, 1.807) is 0 Å². The second kappa shape index (κ2) is 10.2. The number of likely N-dealkylation sites (tertiary alicyclic amines) is 1. The quantitative estimate of drug-likeness (QED) is 0.658. The van der Waals surface area contributed by atoms with Gasteiger partial charge in [0, 0.05) is 49.4 Å². The number of aromatic nitrogens is 3. The van der Waals surface area contributed by atoms with Gasteiger partial charge in [0.15, 0.2) is 0 Å². The number of amides is 1. The number of rotatable bonds is 5. The van der Waals surface area contributed by atoms with Gasteiger partial charge in [-0.25, -0.2) is 9.97 Å². The Labute approximate surface area is 197 Å². The van der Waals surface area contributed by atoms with E-state index in [4.69, 9.17) is 9.97 Å². The van der Waals surface area contributed by atoms with Gasteiger partial charge in [-0.3, -0.25) is 9.78 Å². The van der Waals surface area contributed by atoms with E-state index in [1.165, 1.54) is 37.7 Å². The predicted octanol–water partition coefficient (Wildman–Crippen LogP) is 4.81. The molecule has 0 aromatic carbocycles. The van der Waals surface area contributed by atoms with Crippen molar-refractivity contribution in [3.63, 3.8) is 0 Å². The molecule has 2 fully saturated rings. The summed E-state index contributed by atoms with van der Waals surface area (Å²) in [7, 11) is 0. The molecular weight excluding hydrogens is 410 g/mol. The number of hydrogen-bond acceptors (Lipinski definition) is 5. The summed E-state index contributed by atoms with van der Waals surface area (Å²) >= 11 is 0. The Hall–Kier alpha value is -2.50. The van der Waals surface area contributed by atoms with E-state index in [2.05, 4.69) is 27.8 Å². The topological polar surface area (TPSA) is 62.2 Å². The van der Waals surface area contributed by atoms with Gasteiger partial charge >= 0.3 is 0 Å². The van der Waals surface area contributed by atoms with E-state index in [0.29, 0.717) is 17.7 Å². The van der Waals surface area contributed by atoms with Gasteiger partial charge in [0.1, 0.15) is 11.6 Å². The van der Waals surface area contributed by atoms with Gasteiger partial charge in [-0.1, -0.05) is 25.3 Å². The van der Waals surface area contributed by atoms with E-state index < -0.39 is 0 Å². The second-order valence-corrected chi connectivity index (χ2v) is 10.2. The third-order valence-electron chi connectivity index (χ3n) is 7.84. The minimum Gasteiger partial charge on any atom is -0.350 e. The lowest BCUT2D eigenvalue weighted by atomic mass is 9.86. The number of fused-ring (bicyclic) bond motifs is 1. The Morgan fingerprint density at radius 2 is 1.82 bits per heavy atom. The van der Waals surface area contributed by atoms with Crippen LogP contribution in [0.2, 0.25) is 0 Å². The minimum absolute atomic E-state index is 0.339. The molecule has 1 amide bonds. The van der Waals surface area contributed by atoms with Crippen LogP contribution in [0, 0.1) is 12.8 Å². The molecule has 176 valence electrons. The zero-order valence-electron chi connectivity index (χ0n) is 20.0. The Balaban J connectivity index is 1.25. The Morgan fingerprint density at radius 3 is 2.58 bits per heavy atom. The van der Waals surface area contributed by atoms with Crippen molar-refractivity contribution in [3.05, 3.63) is 47.2 Å². The molecule has 0 spiro atoms. The maximum atomic E-state index is 12.9. The first-order valence-corrected chi connectivity index (χ1v) is 13.0. The molecule has 6 nitrogen and oxygen atoms in total. The van der Waals surface area contributed by atoms with Gasteiger partial charge in [-0.15, -0.1) is 0 Å². The molecule has 0 atom stereocenters. The lowest BCUT2D eigenvalue weighted by Crippen LogP contribution is -2.39. The molecule has 2 aromatic heterocycles. The lowest BCUT2D eigenvalue weighted by molar-refractivity contribution is -0.133. The number of aryl methyl sites for hydroxylation is 1. The molecule has 2 aliphatic heterocycles. The number of anilines is 1. The van der Waals surface area contributed by atoms with E-state index in [0.717, 1.165) is 81.3 Å². The molecule has 0 N–H and O–H groups in total. The molecule has 0 unspecified atom stereocenters. The van der Waals surface area contributed by atoms with Gasteiger partial charge in [0.05, 0.1) is 12.2 Å². The van der Waals surface area contributed by atoms with Crippen molar-refractivity contribution < 1.29 is 4.79 Å². The first-order valence-electron chi connectivity index (χ1n) is 13.0. The van der Waals surface area contributed by atoms with Crippen LogP contribution in [0.1, 0.15) is 86.5 Å². The highest BCUT2D eigenvalue weighted by Gasteiger charge is 2.29. The monoisotopic (exact) mass is 447 g/mol. The molecule has 4 heterocycles. The van der Waals surface area contributed by atoms with Gasteiger partial charge < -0.3 is 9.80 Å². The van der Waals surface area contributed by atoms with Crippen LogP contribution < -0.4 is 4.90 Å². The zero-order chi connectivity index (χ0) is 22.6. The summed E-state index contributed by atoms with van der Waals surface area (Å²) in [4.78, 5) is 31.9. The van der Waals surface area contributed by atoms with E-state index in [9.17, 15) is 4.79 Å². The Morgan fingerprint density at radius 1 is 1.00 bits per heavy atom. The standard InChI is InChI=1S/C27H37N5O/c1-20-24-11-7-15-32(19-23-10-5-6-14-28-23)27(24)30-26(29-20)22-12-16-31(17-13-22)25(33)18-21-8-3-2-4-9-21/h5-6,10,14,21-22H,2-4,7-9,11-13,15-19H2,1H3. The second-order valence-electron chi connectivity index (χ2n) is 10.2. The fourth-order valence-electron chi connectivity index (χ4n) is 5.89. The van der Waals surface area contributed by atoms with Crippen LogP contribution >= 0.6 is 0 Å². The maximum absolute atomic E-state index is 12.9. The van der Waals surface area contributed by atoms with Crippen LogP contribution in [0.15, 0.2) is 24.4 Å². The van der Waals surface area contributed by atoms with Crippen molar-refractivity contribution in [1.29, 1.82) is 0 Å². The number of nitrogens with zero attached hydrogens (tertiary/aromatic N) is 5. The van der Waals surface area contributed by atoms with Gasteiger partial charge in [-0.05, 0) is 63.5 Å². The van der Waals surface area contributed by atoms with Crippen LogP contribution in [-0.2, 0) is 17.8 Å². The number of carbonyl (C=O) groups is 1. The third-order valence-corrected chi connectivity index (χ3v) is 7.84. The van der Waals surface area contributed by atoms with Crippen LogP contribution in [0.3, 0.4) is 0 Å². The molecule has 6 heteroatoms. The maximum Gasteiger partial charge on any atom is 0.222 e. The average Bonchev–Trinajstić information content (AvgIpc) is 2.86. The molecule has 0 bridgehead atoms. The summed E-state index contributed by atoms with van der Waals surface area (Å²) in [6.45, 7) is 5.61. The highest BCUT2D eigenvalue weighted by atomic mass is 16.2. The fraction of sp³-hybridized carbons (Fsp3) is 0.630. The van der Waals surface area contributed by atoms with Gasteiger partial charge in [0.25, 0.3) is 0 Å². The summed E-state index contributed by atoms with van der Waals surface area (Å²) in [6, 6.07) is 6.10. The van der Waals surface area contributed by atoms with Crippen LogP contribution in [0.4, 0.5) is 5.82 Å². The summed E-state index contributed by atoms with van der Waals surface area (Å²) in [5, 5.41) is 0. The molecular formula is C27H37N5O. The normalized spacial score (nSPS) is 20.0. The number of hydrogen-bond donors (Lipinski definition) is 0. The van der Waals surface area contributed by atoms with Crippen LogP contribution in [0.25, 0.3) is 0 Å². The Bertz CT molecular complexity index is 948. The number of pyridine rings is 1. The zero-order valence-corrected chi connectivity index (χ0v) is 20.0. The summed E-state index contributed by atoms with van der Waals surface area (Å²) in [6.07, 6.45) is 13.1. The van der Waals surface area contributed by atoms with Crippen molar-refractivity contribution in [2.75, 3.05) is 24.5 Å². The fourth-order valence-corrected chi connectivity index (χ4v) is 5.89. The smallest absolute Gasteiger partial charge is 0.222 e. The third kappa shape index (κ3) is 5.20. The number of carbonyl (C=O) groups excluding carboxylic acids is 1. The molecule has 33 heavy (non-hydrogen) atoms. The van der Waals surface area contributed by atoms with E-state index in [1.807, 2.05) is 18.3 Å².